The van der Waals surface area contributed by atoms with E-state index in [9.17, 15) is 8.78 Å². The molecular formula is C18H14BrF2N5O2. The molecule has 0 fully saturated rings. The number of nitrogens with one attached hydrogen (secondary N) is 1. The van der Waals surface area contributed by atoms with Crippen LogP contribution in [0.2, 0.25) is 0 Å². The SMILES string of the molecule is COc1cccc(C2C=C(c3ccc(Br)cc3)Nc3nnnn32)c1OC(F)F. The van der Waals surface area contributed by atoms with E-state index in [1.54, 1.807) is 18.2 Å². The first kappa shape index (κ1) is 18.4. The van der Waals surface area contributed by atoms with Crippen LogP contribution in [0, 0.1) is 0 Å². The number of hydrogen-bond donors (Lipinski definition) is 1. The van der Waals surface area contributed by atoms with E-state index in [2.05, 4.69) is 36.8 Å². The molecule has 0 amide bonds. The van der Waals surface area contributed by atoms with Crippen molar-refractivity contribution in [1.29, 1.82) is 0 Å². The van der Waals surface area contributed by atoms with Crippen molar-refractivity contribution >= 4 is 27.6 Å². The maximum Gasteiger partial charge on any atom is 0.387 e. The van der Waals surface area contributed by atoms with E-state index >= 15 is 0 Å². The first-order valence-electron chi connectivity index (χ1n) is 8.21. The van der Waals surface area contributed by atoms with Gasteiger partial charge < -0.3 is 14.8 Å². The Bertz CT molecular complexity index is 1020. The van der Waals surface area contributed by atoms with E-state index in [1.807, 2.05) is 30.3 Å². The molecule has 144 valence electrons. The molecule has 1 aliphatic heterocycles. The third-order valence-electron chi connectivity index (χ3n) is 4.24. The summed E-state index contributed by atoms with van der Waals surface area (Å²) in [5.41, 5.74) is 2.08. The zero-order valence-corrected chi connectivity index (χ0v) is 16.1. The second kappa shape index (κ2) is 7.55. The molecule has 1 N–H and O–H groups in total. The number of fused-ring (bicyclic) bond motifs is 1. The number of methoxy groups -OCH3 is 1. The normalized spacial score (nSPS) is 15.6. The number of ether oxygens (including phenoxy) is 2. The average Bonchev–Trinajstić information content (AvgIpc) is 3.16. The minimum absolute atomic E-state index is 0.0558. The highest BCUT2D eigenvalue weighted by molar-refractivity contribution is 9.10. The van der Waals surface area contributed by atoms with Gasteiger partial charge in [-0.3, -0.25) is 0 Å². The number of hydrogen-bond acceptors (Lipinski definition) is 6. The number of nitrogens with zero attached hydrogens (tertiary/aromatic N) is 4. The van der Waals surface area contributed by atoms with Crippen molar-refractivity contribution in [3.8, 4) is 11.5 Å². The first-order valence-corrected chi connectivity index (χ1v) is 9.00. The molecule has 1 atom stereocenters. The lowest BCUT2D eigenvalue weighted by Gasteiger charge is -2.25. The Labute approximate surface area is 167 Å². The van der Waals surface area contributed by atoms with Crippen molar-refractivity contribution in [2.24, 2.45) is 0 Å². The molecule has 0 aliphatic carbocycles. The lowest BCUT2D eigenvalue weighted by Crippen LogP contribution is -2.21. The standard InChI is InChI=1S/C18H14BrF2N5O2/c1-27-15-4-2-3-12(16(15)28-17(20)21)14-9-13(10-5-7-11(19)8-6-10)22-18-23-24-25-26(14)18/h2-9,14,17H,1H3,(H,22,23,25). The quantitative estimate of drug-likeness (QED) is 0.631. The van der Waals surface area contributed by atoms with E-state index in [4.69, 9.17) is 9.47 Å². The van der Waals surface area contributed by atoms with E-state index in [1.165, 1.54) is 11.8 Å². The number of para-hydroxylation sites is 1. The van der Waals surface area contributed by atoms with Gasteiger partial charge in [0.1, 0.15) is 6.04 Å². The summed E-state index contributed by atoms with van der Waals surface area (Å²) < 4.78 is 38.5. The molecule has 2 aromatic carbocycles. The highest BCUT2D eigenvalue weighted by Crippen LogP contribution is 2.41. The van der Waals surface area contributed by atoms with Gasteiger partial charge in [-0.15, -0.1) is 0 Å². The van der Waals surface area contributed by atoms with Gasteiger partial charge in [0.2, 0.25) is 5.95 Å². The van der Waals surface area contributed by atoms with Crippen molar-refractivity contribution in [1.82, 2.24) is 20.2 Å². The van der Waals surface area contributed by atoms with Gasteiger partial charge in [-0.2, -0.15) is 13.5 Å². The highest BCUT2D eigenvalue weighted by Gasteiger charge is 2.29. The van der Waals surface area contributed by atoms with Crippen LogP contribution in [0.25, 0.3) is 5.70 Å². The smallest absolute Gasteiger partial charge is 0.387 e. The van der Waals surface area contributed by atoms with Crippen molar-refractivity contribution in [3.63, 3.8) is 0 Å². The highest BCUT2D eigenvalue weighted by atomic mass is 79.9. The van der Waals surface area contributed by atoms with Crippen LogP contribution in [0.5, 0.6) is 11.5 Å². The monoisotopic (exact) mass is 449 g/mol. The molecule has 3 aromatic rings. The summed E-state index contributed by atoms with van der Waals surface area (Å²) in [5, 5.41) is 14.8. The van der Waals surface area contributed by atoms with E-state index in [0.717, 1.165) is 15.7 Å². The van der Waals surface area contributed by atoms with Crippen LogP contribution in [0.1, 0.15) is 17.2 Å². The molecule has 0 saturated carbocycles. The number of anilines is 1. The second-order valence-corrected chi connectivity index (χ2v) is 6.78. The van der Waals surface area contributed by atoms with Crippen molar-refractivity contribution in [2.75, 3.05) is 12.4 Å². The molecule has 0 bridgehead atoms. The molecule has 28 heavy (non-hydrogen) atoms. The molecule has 2 heterocycles. The van der Waals surface area contributed by atoms with E-state index in [-0.39, 0.29) is 11.5 Å². The van der Waals surface area contributed by atoms with Crippen LogP contribution in [0.4, 0.5) is 14.7 Å². The summed E-state index contributed by atoms with van der Waals surface area (Å²) in [7, 11) is 1.39. The van der Waals surface area contributed by atoms with Gasteiger partial charge >= 0.3 is 6.61 Å². The fraction of sp³-hybridized carbons (Fsp3) is 0.167. The van der Waals surface area contributed by atoms with Crippen LogP contribution < -0.4 is 14.8 Å². The third kappa shape index (κ3) is 3.42. The van der Waals surface area contributed by atoms with Gasteiger partial charge in [-0.05, 0) is 40.3 Å². The molecule has 0 saturated heterocycles. The molecule has 10 heteroatoms. The van der Waals surface area contributed by atoms with Gasteiger partial charge in [0.15, 0.2) is 11.5 Å². The molecule has 0 spiro atoms. The Morgan fingerprint density at radius 2 is 1.96 bits per heavy atom. The number of tetrazole rings is 1. The number of aromatic nitrogens is 4. The molecule has 0 radical (unpaired) electrons. The molecule has 1 unspecified atom stereocenters. The predicted molar refractivity (Wildman–Crippen MR) is 101 cm³/mol. The number of allylic oxidation sites excluding steroid dienone is 1. The Morgan fingerprint density at radius 1 is 1.18 bits per heavy atom. The maximum atomic E-state index is 13.0. The number of rotatable bonds is 5. The molecule has 7 nitrogen and oxygen atoms in total. The maximum absolute atomic E-state index is 13.0. The minimum Gasteiger partial charge on any atom is -0.493 e. The second-order valence-electron chi connectivity index (χ2n) is 5.86. The molecule has 1 aromatic heterocycles. The summed E-state index contributed by atoms with van der Waals surface area (Å²) in [6.45, 7) is -3.00. The van der Waals surface area contributed by atoms with Gasteiger partial charge in [0, 0.05) is 15.7 Å². The number of benzene rings is 2. The molecular weight excluding hydrogens is 436 g/mol. The summed E-state index contributed by atoms with van der Waals surface area (Å²) in [6.07, 6.45) is 1.85. The summed E-state index contributed by atoms with van der Waals surface area (Å²) in [4.78, 5) is 0. The summed E-state index contributed by atoms with van der Waals surface area (Å²) in [6, 6.07) is 12.0. The van der Waals surface area contributed by atoms with Crippen LogP contribution in [-0.2, 0) is 0 Å². The minimum atomic E-state index is -3.00. The Kier molecular flexibility index (Phi) is 4.95. The third-order valence-corrected chi connectivity index (χ3v) is 4.77. The van der Waals surface area contributed by atoms with Crippen LogP contribution in [-0.4, -0.2) is 33.9 Å². The fourth-order valence-corrected chi connectivity index (χ4v) is 3.28. The van der Waals surface area contributed by atoms with Gasteiger partial charge in [0.05, 0.1) is 7.11 Å². The van der Waals surface area contributed by atoms with E-state index < -0.39 is 12.7 Å². The Morgan fingerprint density at radius 3 is 2.68 bits per heavy atom. The van der Waals surface area contributed by atoms with Crippen molar-refractivity contribution < 1.29 is 18.3 Å². The Balaban J connectivity index is 1.85. The topological polar surface area (TPSA) is 74.1 Å². The lowest BCUT2D eigenvalue weighted by atomic mass is 10.0. The summed E-state index contributed by atoms with van der Waals surface area (Å²) >= 11 is 3.41. The molecule has 4 rings (SSSR count). The summed E-state index contributed by atoms with van der Waals surface area (Å²) in [5.74, 6) is 0.528. The molecule has 1 aliphatic rings. The number of halogens is 3. The zero-order chi connectivity index (χ0) is 19.7. The Hall–Kier alpha value is -3.01. The van der Waals surface area contributed by atoms with Gasteiger partial charge in [-0.25, -0.2) is 0 Å². The predicted octanol–water partition coefficient (Wildman–Crippen LogP) is 4.10. The number of alkyl halides is 2. The van der Waals surface area contributed by atoms with Crippen molar-refractivity contribution in [2.45, 2.75) is 12.7 Å². The average molecular weight is 450 g/mol. The first-order chi connectivity index (χ1) is 13.6. The van der Waals surface area contributed by atoms with Crippen LogP contribution in [0.15, 0.2) is 53.0 Å². The van der Waals surface area contributed by atoms with Crippen LogP contribution >= 0.6 is 15.9 Å². The van der Waals surface area contributed by atoms with E-state index in [0.29, 0.717) is 11.5 Å². The lowest BCUT2D eigenvalue weighted by molar-refractivity contribution is -0.0520. The van der Waals surface area contributed by atoms with Crippen molar-refractivity contribution in [3.05, 3.63) is 64.1 Å². The largest absolute Gasteiger partial charge is 0.493 e. The van der Waals surface area contributed by atoms with Gasteiger partial charge in [0.25, 0.3) is 0 Å². The zero-order valence-electron chi connectivity index (χ0n) is 14.5. The van der Waals surface area contributed by atoms with Gasteiger partial charge in [-0.1, -0.05) is 45.3 Å². The van der Waals surface area contributed by atoms with Crippen LogP contribution in [0.3, 0.4) is 0 Å². The fourth-order valence-electron chi connectivity index (χ4n) is 3.01.